The van der Waals surface area contributed by atoms with Crippen LogP contribution in [0.15, 0.2) is 0 Å². The van der Waals surface area contributed by atoms with E-state index < -0.39 is 0 Å². The third kappa shape index (κ3) is 48.2. The van der Waals surface area contributed by atoms with Gasteiger partial charge in [0, 0.05) is 18.6 Å². The summed E-state index contributed by atoms with van der Waals surface area (Å²) in [6.07, 6.45) is 0. The molecule has 0 aromatic carbocycles. The maximum Gasteiger partial charge on any atom is 1.00 e. The molecule has 0 N–H and O–H groups in total. The maximum atomic E-state index is 0. The first-order chi connectivity index (χ1) is 0. The Morgan fingerprint density at radius 1 is 0.500 bits per heavy atom. The molecule has 0 amide bonds. The van der Waals surface area contributed by atoms with E-state index in [0.717, 1.165) is 0 Å². The van der Waals surface area contributed by atoms with Crippen molar-refractivity contribution in [1.29, 1.82) is 0 Å². The Labute approximate surface area is 157 Å². The van der Waals surface area contributed by atoms with E-state index in [9.17, 15) is 0 Å². The summed E-state index contributed by atoms with van der Waals surface area (Å²) in [5.41, 5.74) is 0. The van der Waals surface area contributed by atoms with Crippen LogP contribution in [-0.4, -0.2) is 0 Å². The normalized spacial score (nSPS) is 0. The van der Waals surface area contributed by atoms with E-state index in [1.54, 1.807) is 0 Å². The zero-order valence-electron chi connectivity index (χ0n) is 5.08. The quantitative estimate of drug-likeness (QED) is 0.345. The molecule has 8 heavy (non-hydrogen) atoms. The van der Waals surface area contributed by atoms with E-state index >= 15 is 0 Å². The first-order valence-corrected chi connectivity index (χ1v) is 0. The summed E-state index contributed by atoms with van der Waals surface area (Å²) in [6, 6.07) is 0. The van der Waals surface area contributed by atoms with Crippen LogP contribution >= 0.6 is 0 Å². The molecule has 8 heteroatoms. The minimum Gasteiger partial charge on any atom is -2.00 e. The second-order valence-electron chi connectivity index (χ2n) is 0. The van der Waals surface area contributed by atoms with Crippen LogP contribution in [-0.2, 0) is 40.5 Å². The second-order valence-corrected chi connectivity index (χ2v) is 0. The first-order valence-electron chi connectivity index (χ1n) is 0. The van der Waals surface area contributed by atoms with Crippen LogP contribution in [0, 0.1) is 0 Å². The van der Waals surface area contributed by atoms with Gasteiger partial charge >= 0.3 is 122 Å². The predicted octanol–water partition coefficient (Wildman–Crippen LogP) is -9.47. The molecular weight excluding hydrogens is 200 g/mol. The molecule has 0 rings (SSSR count). The van der Waals surface area contributed by atoms with Crippen molar-refractivity contribution in [3.8, 4) is 0 Å². The average Bonchev–Trinajstić information content (AvgIpc) is 0. The minimum atomic E-state index is 0. The zero-order valence-corrected chi connectivity index (χ0v) is 12.7. The Hall–Kier alpha value is 4.29. The van der Waals surface area contributed by atoms with Crippen molar-refractivity contribution in [1.82, 2.24) is 0 Å². The van der Waals surface area contributed by atoms with E-state index in [4.69, 9.17) is 0 Å². The van der Waals surface area contributed by atoms with Gasteiger partial charge in [0.15, 0.2) is 0 Å². The summed E-state index contributed by atoms with van der Waals surface area (Å²) in [6.45, 7) is 0. The molecular formula is K2LiO4V-5. The van der Waals surface area contributed by atoms with Crippen LogP contribution in [0.3, 0.4) is 0 Å². The SMILES string of the molecule is [K+].[K+].[Li+].[O-2].[O-2].[O-2].[O-2].[V]. The zero-order chi connectivity index (χ0) is 0. The van der Waals surface area contributed by atoms with Gasteiger partial charge in [-0.3, -0.25) is 0 Å². The summed E-state index contributed by atoms with van der Waals surface area (Å²) < 4.78 is 0. The van der Waals surface area contributed by atoms with Crippen molar-refractivity contribution in [2.24, 2.45) is 0 Å². The van der Waals surface area contributed by atoms with Crippen molar-refractivity contribution in [3.63, 3.8) is 0 Å². The summed E-state index contributed by atoms with van der Waals surface area (Å²) in [7, 11) is 0. The standard InChI is InChI=1S/2K.Li.4O.V/q3*+1;4*-2;. The Morgan fingerprint density at radius 3 is 0.500 bits per heavy atom. The fraction of sp³-hybridized carbons (Fsp3) is 0. The predicted molar refractivity (Wildman–Crippen MR) is 2.75 cm³/mol. The molecule has 0 bridgehead atoms. The molecule has 0 aliphatic heterocycles. The van der Waals surface area contributed by atoms with Crippen molar-refractivity contribution in [2.45, 2.75) is 0 Å². The molecule has 0 aliphatic carbocycles. The Bertz CT molecular complexity index is 14.0. The fourth-order valence-electron chi connectivity index (χ4n) is 0. The van der Waals surface area contributed by atoms with Gasteiger partial charge < -0.3 is 21.9 Å². The van der Waals surface area contributed by atoms with Gasteiger partial charge in [0.2, 0.25) is 0 Å². The van der Waals surface area contributed by atoms with Gasteiger partial charge in [-0.15, -0.1) is 0 Å². The third-order valence-electron chi connectivity index (χ3n) is 0. The van der Waals surface area contributed by atoms with Crippen molar-refractivity contribution in [2.75, 3.05) is 0 Å². The second kappa shape index (κ2) is 64.9. The molecule has 1 radical (unpaired) electrons. The van der Waals surface area contributed by atoms with Gasteiger partial charge in [0.05, 0.1) is 0 Å². The van der Waals surface area contributed by atoms with Gasteiger partial charge in [0.1, 0.15) is 0 Å². The number of rotatable bonds is 0. The molecule has 0 saturated heterocycles. The number of hydrogen-bond acceptors (Lipinski definition) is 0. The van der Waals surface area contributed by atoms with Crippen LogP contribution in [0.4, 0.5) is 0 Å². The van der Waals surface area contributed by atoms with Gasteiger partial charge in [0.25, 0.3) is 0 Å². The van der Waals surface area contributed by atoms with E-state index in [-0.39, 0.29) is 162 Å². The monoisotopic (exact) mass is 200 g/mol. The molecule has 0 aliphatic rings. The molecule has 0 saturated carbocycles. The van der Waals surface area contributed by atoms with E-state index in [1.165, 1.54) is 0 Å². The molecule has 0 aromatic heterocycles. The van der Waals surface area contributed by atoms with Crippen molar-refractivity contribution >= 4 is 0 Å². The minimum absolute atomic E-state index is 0. The van der Waals surface area contributed by atoms with Gasteiger partial charge in [-0.1, -0.05) is 0 Å². The topological polar surface area (TPSA) is 114 Å². The van der Waals surface area contributed by atoms with Crippen molar-refractivity contribution < 1.29 is 162 Å². The Kier molecular flexibility index (Phi) is 690. The molecule has 0 aromatic rings. The summed E-state index contributed by atoms with van der Waals surface area (Å²) >= 11 is 0. The third-order valence-corrected chi connectivity index (χ3v) is 0. The van der Waals surface area contributed by atoms with Crippen LogP contribution < -0.4 is 122 Å². The molecule has 0 heterocycles. The molecule has 0 atom stereocenters. The fourth-order valence-corrected chi connectivity index (χ4v) is 0. The van der Waals surface area contributed by atoms with Gasteiger partial charge in [-0.05, 0) is 0 Å². The Balaban J connectivity index is 0. The smallest absolute Gasteiger partial charge is 1.00 e. The molecule has 0 unspecified atom stereocenters. The van der Waals surface area contributed by atoms with Crippen LogP contribution in [0.2, 0.25) is 0 Å². The van der Waals surface area contributed by atoms with Crippen LogP contribution in [0.5, 0.6) is 0 Å². The molecule has 0 fully saturated rings. The van der Waals surface area contributed by atoms with Crippen LogP contribution in [0.25, 0.3) is 0 Å². The molecule has 0 spiro atoms. The maximum absolute atomic E-state index is 0. The van der Waals surface area contributed by atoms with Gasteiger partial charge in [-0.2, -0.15) is 0 Å². The first kappa shape index (κ1) is 85.0. The van der Waals surface area contributed by atoms with E-state index in [0.29, 0.717) is 0 Å². The van der Waals surface area contributed by atoms with E-state index in [2.05, 4.69) is 0 Å². The summed E-state index contributed by atoms with van der Waals surface area (Å²) in [4.78, 5) is 0. The van der Waals surface area contributed by atoms with Crippen molar-refractivity contribution in [3.05, 3.63) is 0 Å². The summed E-state index contributed by atoms with van der Waals surface area (Å²) in [5, 5.41) is 0. The average molecular weight is 200 g/mol. The summed E-state index contributed by atoms with van der Waals surface area (Å²) in [5.74, 6) is 0. The Morgan fingerprint density at radius 2 is 0.500 bits per heavy atom. The molecule has 37 valence electrons. The molecule has 4 nitrogen and oxygen atoms in total. The van der Waals surface area contributed by atoms with Gasteiger partial charge in [-0.25, -0.2) is 0 Å². The largest absolute Gasteiger partial charge is 2.00 e. The van der Waals surface area contributed by atoms with E-state index in [1.807, 2.05) is 0 Å². The number of hydrogen-bond donors (Lipinski definition) is 0. The van der Waals surface area contributed by atoms with Crippen LogP contribution in [0.1, 0.15) is 0 Å².